The third kappa shape index (κ3) is 2.41. The Morgan fingerprint density at radius 3 is 2.58 bits per heavy atom. The van der Waals surface area contributed by atoms with Gasteiger partial charge >= 0.3 is 0 Å². The number of benzene rings is 1. The summed E-state index contributed by atoms with van der Waals surface area (Å²) in [7, 11) is 0. The molecule has 0 radical (unpaired) electrons. The van der Waals surface area contributed by atoms with Crippen molar-refractivity contribution in [2.45, 2.75) is 44.6 Å². The van der Waals surface area contributed by atoms with Gasteiger partial charge in [0.25, 0.3) is 0 Å². The van der Waals surface area contributed by atoms with E-state index in [-0.39, 0.29) is 30.5 Å². The number of aliphatic hydroxyl groups is 1. The molecule has 1 aromatic rings. The highest BCUT2D eigenvalue weighted by molar-refractivity contribution is 5.16. The molecule has 3 unspecified atom stereocenters. The van der Waals surface area contributed by atoms with E-state index in [4.69, 9.17) is 14.2 Å². The Balaban J connectivity index is 1.75. The SMILES string of the molecule is C[C@@H]1C(O)[C@@H](C)OC2COC(c3ccccc3)O[C@H]21. The second-order valence-electron chi connectivity index (χ2n) is 5.41. The minimum atomic E-state index is -0.490. The zero-order valence-electron chi connectivity index (χ0n) is 11.2. The molecule has 6 atom stereocenters. The van der Waals surface area contributed by atoms with Crippen LogP contribution in [0.2, 0.25) is 0 Å². The summed E-state index contributed by atoms with van der Waals surface area (Å²) in [4.78, 5) is 0. The molecule has 2 aliphatic rings. The van der Waals surface area contributed by atoms with Crippen LogP contribution in [0.4, 0.5) is 0 Å². The van der Waals surface area contributed by atoms with Crippen LogP contribution in [0.5, 0.6) is 0 Å². The molecule has 19 heavy (non-hydrogen) atoms. The van der Waals surface area contributed by atoms with E-state index in [0.29, 0.717) is 6.61 Å². The molecule has 2 saturated heterocycles. The van der Waals surface area contributed by atoms with Crippen LogP contribution in [0.15, 0.2) is 30.3 Å². The number of ether oxygens (including phenoxy) is 3. The lowest BCUT2D eigenvalue weighted by molar-refractivity contribution is -0.315. The van der Waals surface area contributed by atoms with Crippen LogP contribution in [-0.4, -0.2) is 36.1 Å². The molecule has 2 aliphatic heterocycles. The molecule has 3 rings (SSSR count). The maximum Gasteiger partial charge on any atom is 0.184 e. The zero-order chi connectivity index (χ0) is 13.4. The molecule has 0 bridgehead atoms. The van der Waals surface area contributed by atoms with Crippen LogP contribution in [0.1, 0.15) is 25.7 Å². The smallest absolute Gasteiger partial charge is 0.184 e. The van der Waals surface area contributed by atoms with Gasteiger partial charge in [-0.3, -0.25) is 0 Å². The van der Waals surface area contributed by atoms with Crippen LogP contribution >= 0.6 is 0 Å². The molecule has 104 valence electrons. The summed E-state index contributed by atoms with van der Waals surface area (Å²) in [6.45, 7) is 4.40. The van der Waals surface area contributed by atoms with Crippen LogP contribution in [-0.2, 0) is 14.2 Å². The van der Waals surface area contributed by atoms with E-state index in [2.05, 4.69) is 0 Å². The van der Waals surface area contributed by atoms with E-state index in [1.165, 1.54) is 0 Å². The van der Waals surface area contributed by atoms with Crippen molar-refractivity contribution in [1.29, 1.82) is 0 Å². The molecule has 4 heteroatoms. The quantitative estimate of drug-likeness (QED) is 0.841. The van der Waals surface area contributed by atoms with E-state index in [1.54, 1.807) is 0 Å². The maximum atomic E-state index is 10.1. The lowest BCUT2D eigenvalue weighted by Gasteiger charge is -2.46. The lowest BCUT2D eigenvalue weighted by atomic mass is 9.87. The summed E-state index contributed by atoms with van der Waals surface area (Å²) in [6, 6.07) is 9.86. The molecule has 1 N–H and O–H groups in total. The first kappa shape index (κ1) is 13.1. The second-order valence-corrected chi connectivity index (χ2v) is 5.41. The fourth-order valence-corrected chi connectivity index (χ4v) is 2.89. The first-order chi connectivity index (χ1) is 9.16. The Bertz CT molecular complexity index is 419. The van der Waals surface area contributed by atoms with E-state index in [1.807, 2.05) is 44.2 Å². The van der Waals surface area contributed by atoms with Gasteiger partial charge in [-0.25, -0.2) is 0 Å². The van der Waals surface area contributed by atoms with Gasteiger partial charge in [-0.15, -0.1) is 0 Å². The van der Waals surface area contributed by atoms with Crippen molar-refractivity contribution in [2.24, 2.45) is 5.92 Å². The Morgan fingerprint density at radius 1 is 1.11 bits per heavy atom. The molecule has 1 aromatic carbocycles. The monoisotopic (exact) mass is 264 g/mol. The highest BCUT2D eigenvalue weighted by atomic mass is 16.7. The van der Waals surface area contributed by atoms with Gasteiger partial charge in [0.2, 0.25) is 0 Å². The summed E-state index contributed by atoms with van der Waals surface area (Å²) >= 11 is 0. The largest absolute Gasteiger partial charge is 0.390 e. The molecule has 0 aliphatic carbocycles. The molecule has 0 aromatic heterocycles. The number of aliphatic hydroxyl groups excluding tert-OH is 1. The van der Waals surface area contributed by atoms with Crippen molar-refractivity contribution >= 4 is 0 Å². The maximum absolute atomic E-state index is 10.1. The van der Waals surface area contributed by atoms with E-state index in [9.17, 15) is 5.11 Å². The fourth-order valence-electron chi connectivity index (χ4n) is 2.89. The molecule has 0 spiro atoms. The first-order valence-electron chi connectivity index (χ1n) is 6.82. The van der Waals surface area contributed by atoms with Gasteiger partial charge in [-0.05, 0) is 6.92 Å². The summed E-state index contributed by atoms with van der Waals surface area (Å²) in [6.07, 6.45) is -1.24. The predicted molar refractivity (Wildman–Crippen MR) is 69.5 cm³/mol. The normalized spacial score (nSPS) is 42.7. The molecule has 2 heterocycles. The van der Waals surface area contributed by atoms with E-state index >= 15 is 0 Å². The van der Waals surface area contributed by atoms with Gasteiger partial charge in [-0.1, -0.05) is 37.3 Å². The van der Waals surface area contributed by atoms with E-state index in [0.717, 1.165) is 5.56 Å². The minimum absolute atomic E-state index is 0.0452. The molecule has 4 nitrogen and oxygen atoms in total. The van der Waals surface area contributed by atoms with Gasteiger partial charge in [0, 0.05) is 11.5 Å². The van der Waals surface area contributed by atoms with Crippen LogP contribution < -0.4 is 0 Å². The fraction of sp³-hybridized carbons (Fsp3) is 0.600. The summed E-state index contributed by atoms with van der Waals surface area (Å²) < 4.78 is 17.5. The van der Waals surface area contributed by atoms with Crippen LogP contribution in [0.3, 0.4) is 0 Å². The van der Waals surface area contributed by atoms with Crippen molar-refractivity contribution in [1.82, 2.24) is 0 Å². The minimum Gasteiger partial charge on any atom is -0.390 e. The zero-order valence-corrected chi connectivity index (χ0v) is 11.2. The van der Waals surface area contributed by atoms with Crippen molar-refractivity contribution in [2.75, 3.05) is 6.61 Å². The average Bonchev–Trinajstić information content (AvgIpc) is 2.46. The van der Waals surface area contributed by atoms with Crippen LogP contribution in [0.25, 0.3) is 0 Å². The standard InChI is InChI=1S/C15H20O4/c1-9-13(16)10(2)18-12-8-17-15(19-14(9)12)11-6-4-3-5-7-11/h3-7,9-10,12-16H,8H2,1-2H3/t9-,10-,12?,13?,14+,15?/m1/s1. The van der Waals surface area contributed by atoms with Crippen molar-refractivity contribution in [3.05, 3.63) is 35.9 Å². The molecule has 0 amide bonds. The van der Waals surface area contributed by atoms with Crippen molar-refractivity contribution < 1.29 is 19.3 Å². The molecule has 2 fully saturated rings. The van der Waals surface area contributed by atoms with Gasteiger partial charge in [0.1, 0.15) is 6.10 Å². The number of hydrogen-bond acceptors (Lipinski definition) is 4. The summed E-state index contributed by atoms with van der Waals surface area (Å²) in [5.74, 6) is 0.0452. The Kier molecular flexibility index (Phi) is 3.58. The number of fused-ring (bicyclic) bond motifs is 1. The van der Waals surface area contributed by atoms with Gasteiger partial charge in [0.05, 0.1) is 24.9 Å². The molecule has 0 saturated carbocycles. The van der Waals surface area contributed by atoms with E-state index < -0.39 is 6.10 Å². The van der Waals surface area contributed by atoms with Gasteiger partial charge in [-0.2, -0.15) is 0 Å². The van der Waals surface area contributed by atoms with Crippen molar-refractivity contribution in [3.63, 3.8) is 0 Å². The van der Waals surface area contributed by atoms with Crippen molar-refractivity contribution in [3.8, 4) is 0 Å². The first-order valence-corrected chi connectivity index (χ1v) is 6.82. The Hall–Kier alpha value is -0.940. The van der Waals surface area contributed by atoms with Gasteiger partial charge in [0.15, 0.2) is 6.29 Å². The molecular weight excluding hydrogens is 244 g/mol. The Morgan fingerprint density at radius 2 is 1.84 bits per heavy atom. The third-order valence-electron chi connectivity index (χ3n) is 4.06. The number of hydrogen-bond donors (Lipinski definition) is 1. The third-order valence-corrected chi connectivity index (χ3v) is 4.06. The lowest BCUT2D eigenvalue weighted by Crippen LogP contribution is -2.57. The average molecular weight is 264 g/mol. The highest BCUT2D eigenvalue weighted by Crippen LogP contribution is 2.36. The summed E-state index contributed by atoms with van der Waals surface area (Å²) in [5, 5.41) is 10.1. The Labute approximate surface area is 113 Å². The van der Waals surface area contributed by atoms with Gasteiger partial charge < -0.3 is 19.3 Å². The molecular formula is C15H20O4. The summed E-state index contributed by atoms with van der Waals surface area (Å²) in [5.41, 5.74) is 1.00. The predicted octanol–water partition coefficient (Wildman–Crippen LogP) is 1.88. The second kappa shape index (κ2) is 5.21. The number of rotatable bonds is 1. The topological polar surface area (TPSA) is 47.9 Å². The highest BCUT2D eigenvalue weighted by Gasteiger charge is 2.45. The van der Waals surface area contributed by atoms with Crippen LogP contribution in [0, 0.1) is 5.92 Å².